The van der Waals surface area contributed by atoms with Gasteiger partial charge in [-0.25, -0.2) is 0 Å². The number of carboxylic acids is 1. The number of carboxylic acid groups (broad SMARTS) is 1. The second-order valence-electron chi connectivity index (χ2n) is 5.09. The Labute approximate surface area is 103 Å². The number of hydrogen-bond donors (Lipinski definition) is 2. The Kier molecular flexibility index (Phi) is 6.01. The summed E-state index contributed by atoms with van der Waals surface area (Å²) < 4.78 is 0. The van der Waals surface area contributed by atoms with Crippen LogP contribution in [0.4, 0.5) is 0 Å². The zero-order valence-electron chi connectivity index (χ0n) is 10.6. The molecule has 1 rings (SSSR count). The summed E-state index contributed by atoms with van der Waals surface area (Å²) in [5.74, 6) is -0.378. The van der Waals surface area contributed by atoms with Crippen molar-refractivity contribution in [3.63, 3.8) is 0 Å². The van der Waals surface area contributed by atoms with Crippen LogP contribution in [0.1, 0.15) is 51.9 Å². The Morgan fingerprint density at radius 3 is 2.59 bits per heavy atom. The lowest BCUT2D eigenvalue weighted by atomic mass is 10.0. The lowest BCUT2D eigenvalue weighted by molar-refractivity contribution is -0.141. The smallest absolute Gasteiger partial charge is 0.306 e. The maximum atomic E-state index is 11.6. The minimum atomic E-state index is -0.762. The molecule has 98 valence electrons. The fourth-order valence-corrected chi connectivity index (χ4v) is 2.31. The number of carbonyl (C=O) groups excluding carboxylic acids is 1. The molecule has 0 aromatic heterocycles. The van der Waals surface area contributed by atoms with Crippen LogP contribution in [0.5, 0.6) is 0 Å². The number of nitrogens with one attached hydrogen (secondary N) is 1. The van der Waals surface area contributed by atoms with E-state index in [0.717, 1.165) is 6.42 Å². The Morgan fingerprint density at radius 1 is 1.35 bits per heavy atom. The standard InChI is InChI=1S/C13H23NO3/c1-10(13(16)17)5-4-8-14-12(15)9-11-6-2-3-7-11/h10-11H,2-9H2,1H3,(H,14,15)(H,16,17). The first-order chi connectivity index (χ1) is 8.09. The maximum Gasteiger partial charge on any atom is 0.306 e. The van der Waals surface area contributed by atoms with Gasteiger partial charge in [-0.15, -0.1) is 0 Å². The van der Waals surface area contributed by atoms with E-state index in [2.05, 4.69) is 5.32 Å². The normalized spacial score (nSPS) is 17.9. The molecule has 1 amide bonds. The fraction of sp³-hybridized carbons (Fsp3) is 0.846. The van der Waals surface area contributed by atoms with Crippen LogP contribution < -0.4 is 5.32 Å². The molecule has 4 nitrogen and oxygen atoms in total. The molecule has 0 saturated heterocycles. The predicted octanol–water partition coefficient (Wildman–Crippen LogP) is 2.18. The van der Waals surface area contributed by atoms with Gasteiger partial charge in [-0.1, -0.05) is 19.8 Å². The van der Waals surface area contributed by atoms with Gasteiger partial charge in [0.15, 0.2) is 0 Å². The summed E-state index contributed by atoms with van der Waals surface area (Å²) in [6.07, 6.45) is 6.90. The zero-order valence-corrected chi connectivity index (χ0v) is 10.6. The predicted molar refractivity (Wildman–Crippen MR) is 65.6 cm³/mol. The summed E-state index contributed by atoms with van der Waals surface area (Å²) in [6, 6.07) is 0. The Hall–Kier alpha value is -1.06. The summed E-state index contributed by atoms with van der Waals surface area (Å²) in [6.45, 7) is 2.30. The Balaban J connectivity index is 2.01. The average molecular weight is 241 g/mol. The van der Waals surface area contributed by atoms with E-state index < -0.39 is 5.97 Å². The summed E-state index contributed by atoms with van der Waals surface area (Å²) in [5.41, 5.74) is 0. The summed E-state index contributed by atoms with van der Waals surface area (Å²) in [4.78, 5) is 22.1. The van der Waals surface area contributed by atoms with Crippen molar-refractivity contribution in [2.24, 2.45) is 11.8 Å². The second kappa shape index (κ2) is 7.30. The van der Waals surface area contributed by atoms with E-state index >= 15 is 0 Å². The van der Waals surface area contributed by atoms with Gasteiger partial charge in [0.1, 0.15) is 0 Å². The molecule has 2 N–H and O–H groups in total. The molecule has 1 saturated carbocycles. The van der Waals surface area contributed by atoms with Gasteiger partial charge in [-0.3, -0.25) is 9.59 Å². The third-order valence-corrected chi connectivity index (χ3v) is 3.51. The molecule has 0 aromatic carbocycles. The molecule has 1 aliphatic rings. The van der Waals surface area contributed by atoms with Gasteiger partial charge in [-0.05, 0) is 31.6 Å². The highest BCUT2D eigenvalue weighted by molar-refractivity contribution is 5.76. The topological polar surface area (TPSA) is 66.4 Å². The minimum Gasteiger partial charge on any atom is -0.481 e. The molecule has 1 fully saturated rings. The van der Waals surface area contributed by atoms with Gasteiger partial charge in [0.2, 0.25) is 5.91 Å². The van der Waals surface area contributed by atoms with Crippen LogP contribution in [0, 0.1) is 11.8 Å². The summed E-state index contributed by atoms with van der Waals surface area (Å²) in [7, 11) is 0. The van der Waals surface area contributed by atoms with Gasteiger partial charge in [-0.2, -0.15) is 0 Å². The van der Waals surface area contributed by atoms with E-state index in [9.17, 15) is 9.59 Å². The molecule has 0 spiro atoms. The third kappa shape index (κ3) is 5.71. The van der Waals surface area contributed by atoms with Crippen molar-refractivity contribution in [2.75, 3.05) is 6.54 Å². The molecule has 0 radical (unpaired) electrons. The number of aliphatic carboxylic acids is 1. The van der Waals surface area contributed by atoms with E-state index in [-0.39, 0.29) is 11.8 Å². The van der Waals surface area contributed by atoms with Gasteiger partial charge in [0, 0.05) is 13.0 Å². The van der Waals surface area contributed by atoms with Crippen LogP contribution in [-0.2, 0) is 9.59 Å². The van der Waals surface area contributed by atoms with E-state index in [1.165, 1.54) is 25.7 Å². The quantitative estimate of drug-likeness (QED) is 0.671. The second-order valence-corrected chi connectivity index (χ2v) is 5.09. The van der Waals surface area contributed by atoms with Gasteiger partial charge < -0.3 is 10.4 Å². The Morgan fingerprint density at radius 2 is 2.00 bits per heavy atom. The van der Waals surface area contributed by atoms with Crippen LogP contribution >= 0.6 is 0 Å². The molecule has 1 atom stereocenters. The molecular formula is C13H23NO3. The number of rotatable bonds is 7. The van der Waals surface area contributed by atoms with Crippen molar-refractivity contribution < 1.29 is 14.7 Å². The van der Waals surface area contributed by atoms with Crippen molar-refractivity contribution in [2.45, 2.75) is 51.9 Å². The van der Waals surface area contributed by atoms with Crippen LogP contribution in [0.3, 0.4) is 0 Å². The lowest BCUT2D eigenvalue weighted by Gasteiger charge is -2.10. The third-order valence-electron chi connectivity index (χ3n) is 3.51. The van der Waals surface area contributed by atoms with E-state index in [1.807, 2.05) is 0 Å². The Bertz CT molecular complexity index is 259. The number of carbonyl (C=O) groups is 2. The monoisotopic (exact) mass is 241 g/mol. The van der Waals surface area contributed by atoms with Gasteiger partial charge in [0.05, 0.1) is 5.92 Å². The molecule has 4 heteroatoms. The number of hydrogen-bond acceptors (Lipinski definition) is 2. The van der Waals surface area contributed by atoms with Crippen molar-refractivity contribution in [3.8, 4) is 0 Å². The van der Waals surface area contributed by atoms with Crippen LogP contribution in [0.25, 0.3) is 0 Å². The first-order valence-electron chi connectivity index (χ1n) is 6.59. The summed E-state index contributed by atoms with van der Waals surface area (Å²) in [5, 5.41) is 11.6. The van der Waals surface area contributed by atoms with E-state index in [4.69, 9.17) is 5.11 Å². The maximum absolute atomic E-state index is 11.6. The SMILES string of the molecule is CC(CCCNC(=O)CC1CCCC1)C(=O)O. The average Bonchev–Trinajstić information content (AvgIpc) is 2.76. The molecule has 0 bridgehead atoms. The molecular weight excluding hydrogens is 218 g/mol. The van der Waals surface area contributed by atoms with Crippen LogP contribution in [-0.4, -0.2) is 23.5 Å². The van der Waals surface area contributed by atoms with Gasteiger partial charge in [0.25, 0.3) is 0 Å². The molecule has 0 heterocycles. The highest BCUT2D eigenvalue weighted by Gasteiger charge is 2.18. The molecule has 1 aliphatic carbocycles. The first-order valence-corrected chi connectivity index (χ1v) is 6.59. The summed E-state index contributed by atoms with van der Waals surface area (Å²) >= 11 is 0. The molecule has 1 unspecified atom stereocenters. The van der Waals surface area contributed by atoms with Crippen molar-refractivity contribution in [3.05, 3.63) is 0 Å². The first kappa shape index (κ1) is 14.0. The van der Waals surface area contributed by atoms with Gasteiger partial charge >= 0.3 is 5.97 Å². The zero-order chi connectivity index (χ0) is 12.7. The van der Waals surface area contributed by atoms with Crippen molar-refractivity contribution in [1.29, 1.82) is 0 Å². The molecule has 0 aromatic rings. The number of amides is 1. The highest BCUT2D eigenvalue weighted by atomic mass is 16.4. The van der Waals surface area contributed by atoms with Crippen LogP contribution in [0.15, 0.2) is 0 Å². The largest absolute Gasteiger partial charge is 0.481 e. The lowest BCUT2D eigenvalue weighted by Crippen LogP contribution is -2.26. The van der Waals surface area contributed by atoms with Crippen LogP contribution in [0.2, 0.25) is 0 Å². The van der Waals surface area contributed by atoms with E-state index in [0.29, 0.717) is 25.3 Å². The molecule has 17 heavy (non-hydrogen) atoms. The molecule has 0 aliphatic heterocycles. The van der Waals surface area contributed by atoms with Crippen molar-refractivity contribution in [1.82, 2.24) is 5.32 Å². The fourth-order valence-electron chi connectivity index (χ4n) is 2.31. The van der Waals surface area contributed by atoms with E-state index in [1.54, 1.807) is 6.92 Å². The minimum absolute atomic E-state index is 0.125. The van der Waals surface area contributed by atoms with Crippen molar-refractivity contribution >= 4 is 11.9 Å². The highest BCUT2D eigenvalue weighted by Crippen LogP contribution is 2.27.